The molecule has 0 aliphatic carbocycles. The minimum absolute atomic E-state index is 0.577. The summed E-state index contributed by atoms with van der Waals surface area (Å²) in [5.41, 5.74) is 3.02. The lowest BCUT2D eigenvalue weighted by atomic mass is 10.1. The number of thiazole rings is 1. The van der Waals surface area contributed by atoms with Gasteiger partial charge in [-0.05, 0) is 31.0 Å². The Balaban J connectivity index is 2.33. The van der Waals surface area contributed by atoms with Crippen LogP contribution in [0.3, 0.4) is 0 Å². The van der Waals surface area contributed by atoms with Crippen LogP contribution >= 0.6 is 22.9 Å². The number of aromatic nitrogens is 1. The average molecular weight is 264 g/mol. The Morgan fingerprint density at radius 2 is 2.18 bits per heavy atom. The van der Waals surface area contributed by atoms with Crippen LogP contribution in [0.15, 0.2) is 18.3 Å². The van der Waals surface area contributed by atoms with Crippen molar-refractivity contribution in [2.75, 3.05) is 5.32 Å². The van der Waals surface area contributed by atoms with E-state index in [0.717, 1.165) is 16.8 Å². The number of nitrogens with zero attached hydrogens (tertiary/aromatic N) is 2. The minimum Gasteiger partial charge on any atom is -0.330 e. The summed E-state index contributed by atoms with van der Waals surface area (Å²) < 4.78 is 0. The van der Waals surface area contributed by atoms with Crippen LogP contribution < -0.4 is 5.32 Å². The first kappa shape index (κ1) is 11.9. The van der Waals surface area contributed by atoms with E-state index in [9.17, 15) is 0 Å². The molecule has 0 saturated carbocycles. The molecule has 1 heterocycles. The molecule has 0 fully saturated rings. The van der Waals surface area contributed by atoms with Gasteiger partial charge in [-0.1, -0.05) is 29.0 Å². The molecule has 0 aliphatic heterocycles. The topological polar surface area (TPSA) is 48.7 Å². The van der Waals surface area contributed by atoms with E-state index in [4.69, 9.17) is 16.9 Å². The van der Waals surface area contributed by atoms with Crippen LogP contribution in [0.4, 0.5) is 10.8 Å². The van der Waals surface area contributed by atoms with Gasteiger partial charge in [0.2, 0.25) is 0 Å². The van der Waals surface area contributed by atoms with Gasteiger partial charge in [0, 0.05) is 0 Å². The number of rotatable bonds is 2. The van der Waals surface area contributed by atoms with Gasteiger partial charge in [-0.2, -0.15) is 5.26 Å². The molecule has 3 nitrogen and oxygen atoms in total. The highest BCUT2D eigenvalue weighted by Crippen LogP contribution is 2.31. The third-order valence-corrected chi connectivity index (χ3v) is 3.40. The van der Waals surface area contributed by atoms with E-state index >= 15 is 0 Å². The second-order valence-corrected chi connectivity index (χ2v) is 5.14. The molecule has 0 radical (unpaired) electrons. The standard InChI is InChI=1S/C12H10ClN3S/c1-7-3-8(2)11(10(13)4-7)16-12-15-6-9(5-14)17-12/h3-4,6H,1-2H3,(H,15,16). The van der Waals surface area contributed by atoms with Gasteiger partial charge in [-0.15, -0.1) is 0 Å². The van der Waals surface area contributed by atoms with Crippen molar-refractivity contribution in [3.8, 4) is 6.07 Å². The number of halogens is 1. The molecule has 0 spiro atoms. The summed E-state index contributed by atoms with van der Waals surface area (Å²) in [5.74, 6) is 0. The molecule has 86 valence electrons. The van der Waals surface area contributed by atoms with Gasteiger partial charge in [-0.25, -0.2) is 4.98 Å². The Labute approximate surface area is 109 Å². The van der Waals surface area contributed by atoms with Crippen molar-refractivity contribution < 1.29 is 0 Å². The van der Waals surface area contributed by atoms with Crippen molar-refractivity contribution in [2.24, 2.45) is 0 Å². The number of hydrogen-bond donors (Lipinski definition) is 1. The Morgan fingerprint density at radius 3 is 2.76 bits per heavy atom. The lowest BCUT2D eigenvalue weighted by Crippen LogP contribution is -1.94. The van der Waals surface area contributed by atoms with E-state index in [1.54, 1.807) is 6.20 Å². The molecular formula is C12H10ClN3S. The smallest absolute Gasteiger partial charge is 0.188 e. The monoisotopic (exact) mass is 263 g/mol. The predicted molar refractivity (Wildman–Crippen MR) is 71.0 cm³/mol. The van der Waals surface area contributed by atoms with Crippen molar-refractivity contribution in [1.29, 1.82) is 5.26 Å². The fourth-order valence-electron chi connectivity index (χ4n) is 1.56. The maximum absolute atomic E-state index is 8.73. The average Bonchev–Trinajstić information content (AvgIpc) is 2.71. The van der Waals surface area contributed by atoms with Crippen molar-refractivity contribution in [2.45, 2.75) is 13.8 Å². The van der Waals surface area contributed by atoms with E-state index in [-0.39, 0.29) is 0 Å². The zero-order chi connectivity index (χ0) is 12.4. The Morgan fingerprint density at radius 1 is 1.41 bits per heavy atom. The van der Waals surface area contributed by atoms with Gasteiger partial charge in [0.05, 0.1) is 16.9 Å². The fourth-order valence-corrected chi connectivity index (χ4v) is 2.55. The lowest BCUT2D eigenvalue weighted by Gasteiger charge is -2.10. The maximum Gasteiger partial charge on any atom is 0.188 e. The summed E-state index contributed by atoms with van der Waals surface area (Å²) in [7, 11) is 0. The van der Waals surface area contributed by atoms with Gasteiger partial charge < -0.3 is 5.32 Å². The van der Waals surface area contributed by atoms with Crippen LogP contribution in [0.25, 0.3) is 0 Å². The van der Waals surface area contributed by atoms with Crippen molar-refractivity contribution in [1.82, 2.24) is 4.98 Å². The second-order valence-electron chi connectivity index (χ2n) is 3.71. The van der Waals surface area contributed by atoms with Crippen LogP contribution in [0, 0.1) is 25.2 Å². The number of nitrogens with one attached hydrogen (secondary N) is 1. The summed E-state index contributed by atoms with van der Waals surface area (Å²) in [6.45, 7) is 3.99. The van der Waals surface area contributed by atoms with Crippen molar-refractivity contribution in [3.05, 3.63) is 39.4 Å². The number of nitriles is 1. The highest BCUT2D eigenvalue weighted by molar-refractivity contribution is 7.16. The molecule has 0 bridgehead atoms. The van der Waals surface area contributed by atoms with Gasteiger partial charge in [0.25, 0.3) is 0 Å². The Bertz CT molecular complexity index is 575. The first-order valence-electron chi connectivity index (χ1n) is 5.00. The quantitative estimate of drug-likeness (QED) is 0.890. The lowest BCUT2D eigenvalue weighted by molar-refractivity contribution is 1.34. The highest BCUT2D eigenvalue weighted by Gasteiger charge is 2.08. The third-order valence-electron chi connectivity index (χ3n) is 2.28. The van der Waals surface area contributed by atoms with E-state index in [1.165, 1.54) is 11.3 Å². The molecular weight excluding hydrogens is 254 g/mol. The molecule has 5 heteroatoms. The minimum atomic E-state index is 0.577. The molecule has 1 aromatic carbocycles. The molecule has 2 rings (SSSR count). The second kappa shape index (κ2) is 4.74. The first-order valence-corrected chi connectivity index (χ1v) is 6.19. The fraction of sp³-hybridized carbons (Fsp3) is 0.167. The summed E-state index contributed by atoms with van der Waals surface area (Å²) in [6.07, 6.45) is 1.55. The number of benzene rings is 1. The van der Waals surface area contributed by atoms with Gasteiger partial charge in [0.1, 0.15) is 10.9 Å². The molecule has 2 aromatic rings. The zero-order valence-corrected chi connectivity index (χ0v) is 11.0. The molecule has 1 N–H and O–H groups in total. The van der Waals surface area contributed by atoms with Crippen LogP contribution in [0.2, 0.25) is 5.02 Å². The summed E-state index contributed by atoms with van der Waals surface area (Å²) in [4.78, 5) is 4.69. The number of aryl methyl sites for hydroxylation is 2. The van der Waals surface area contributed by atoms with E-state index in [1.807, 2.05) is 26.0 Å². The molecule has 0 saturated heterocycles. The first-order chi connectivity index (χ1) is 8.10. The molecule has 0 unspecified atom stereocenters. The van der Waals surface area contributed by atoms with Crippen LogP contribution in [-0.2, 0) is 0 Å². The van der Waals surface area contributed by atoms with Gasteiger partial charge >= 0.3 is 0 Å². The third kappa shape index (κ3) is 2.57. The molecule has 1 aromatic heterocycles. The van der Waals surface area contributed by atoms with Crippen molar-refractivity contribution in [3.63, 3.8) is 0 Å². The van der Waals surface area contributed by atoms with Crippen molar-refractivity contribution >= 4 is 33.8 Å². The largest absolute Gasteiger partial charge is 0.330 e. The molecule has 0 aliphatic rings. The number of anilines is 2. The van der Waals surface area contributed by atoms with E-state index in [0.29, 0.717) is 15.0 Å². The maximum atomic E-state index is 8.73. The zero-order valence-electron chi connectivity index (χ0n) is 9.41. The summed E-state index contributed by atoms with van der Waals surface area (Å²) >= 11 is 7.48. The normalized spacial score (nSPS) is 10.0. The molecule has 17 heavy (non-hydrogen) atoms. The van der Waals surface area contributed by atoms with Crippen LogP contribution in [0.5, 0.6) is 0 Å². The Kier molecular flexibility index (Phi) is 3.32. The van der Waals surface area contributed by atoms with Crippen LogP contribution in [0.1, 0.15) is 16.0 Å². The van der Waals surface area contributed by atoms with E-state index < -0.39 is 0 Å². The van der Waals surface area contributed by atoms with Gasteiger partial charge in [0.15, 0.2) is 5.13 Å². The van der Waals surface area contributed by atoms with Crippen LogP contribution in [-0.4, -0.2) is 4.98 Å². The predicted octanol–water partition coefficient (Wildman–Crippen LogP) is 4.03. The summed E-state index contributed by atoms with van der Waals surface area (Å²) in [5, 5.41) is 13.2. The van der Waals surface area contributed by atoms with Gasteiger partial charge in [-0.3, -0.25) is 0 Å². The highest BCUT2D eigenvalue weighted by atomic mass is 35.5. The number of hydrogen-bond acceptors (Lipinski definition) is 4. The molecule has 0 amide bonds. The Hall–Kier alpha value is -1.57. The summed E-state index contributed by atoms with van der Waals surface area (Å²) in [6, 6.07) is 6.00. The molecule has 0 atom stereocenters. The van der Waals surface area contributed by atoms with E-state index in [2.05, 4.69) is 16.4 Å². The SMILES string of the molecule is Cc1cc(C)c(Nc2ncc(C#N)s2)c(Cl)c1.